The van der Waals surface area contributed by atoms with Gasteiger partial charge in [0.2, 0.25) is 0 Å². The molecule has 1 aromatic rings. The highest BCUT2D eigenvalue weighted by atomic mass is 16.5. The lowest BCUT2D eigenvalue weighted by Crippen LogP contribution is -2.02. The summed E-state index contributed by atoms with van der Waals surface area (Å²) in [5.74, 6) is 0.0538. The maximum absolute atomic E-state index is 11.3. The molecule has 0 N–H and O–H groups in total. The molecule has 0 fully saturated rings. The Balaban J connectivity index is 2.78. The van der Waals surface area contributed by atoms with Crippen LogP contribution in [0.1, 0.15) is 22.8 Å². The van der Waals surface area contributed by atoms with Gasteiger partial charge in [-0.25, -0.2) is 4.79 Å². The van der Waals surface area contributed by atoms with Crippen molar-refractivity contribution in [3.05, 3.63) is 47.7 Å². The number of allylic oxidation sites excluding steroid dienone is 1. The van der Waals surface area contributed by atoms with E-state index in [0.717, 1.165) is 5.56 Å². The monoisotopic (exact) mass is 176 g/mol. The molecular formula is C11H12O2. The first-order valence-corrected chi connectivity index (χ1v) is 4.04. The Morgan fingerprint density at radius 1 is 1.31 bits per heavy atom. The van der Waals surface area contributed by atoms with Crippen LogP contribution in [-0.4, -0.2) is 5.97 Å². The Bertz CT molecular complexity index is 322. The van der Waals surface area contributed by atoms with Crippen molar-refractivity contribution in [1.29, 1.82) is 0 Å². The number of carbonyl (C=O) groups is 1. The maximum Gasteiger partial charge on any atom is 0.343 e. The van der Waals surface area contributed by atoms with Gasteiger partial charge in [0.15, 0.2) is 0 Å². The van der Waals surface area contributed by atoms with Crippen molar-refractivity contribution in [1.82, 2.24) is 0 Å². The van der Waals surface area contributed by atoms with Crippen molar-refractivity contribution in [2.45, 2.75) is 13.8 Å². The summed E-state index contributed by atoms with van der Waals surface area (Å²) < 4.78 is 4.84. The summed E-state index contributed by atoms with van der Waals surface area (Å²) >= 11 is 0. The average molecular weight is 176 g/mol. The van der Waals surface area contributed by atoms with Gasteiger partial charge in [-0.15, -0.1) is 0 Å². The number of aryl methyl sites for hydroxylation is 1. The van der Waals surface area contributed by atoms with Crippen LogP contribution in [-0.2, 0) is 4.74 Å². The quantitative estimate of drug-likeness (QED) is 0.511. The second-order valence-corrected chi connectivity index (χ2v) is 2.96. The molecule has 2 nitrogen and oxygen atoms in total. The van der Waals surface area contributed by atoms with Gasteiger partial charge in [-0.1, -0.05) is 24.3 Å². The van der Waals surface area contributed by atoms with Crippen LogP contribution < -0.4 is 0 Å². The van der Waals surface area contributed by atoms with Crippen LogP contribution in [0.15, 0.2) is 36.6 Å². The molecular weight excluding hydrogens is 164 g/mol. The van der Waals surface area contributed by atoms with Gasteiger partial charge < -0.3 is 4.74 Å². The third kappa shape index (κ3) is 2.75. The van der Waals surface area contributed by atoms with E-state index >= 15 is 0 Å². The Labute approximate surface area is 77.8 Å². The molecule has 0 unspecified atom stereocenters. The lowest BCUT2D eigenvalue weighted by atomic mass is 10.1. The van der Waals surface area contributed by atoms with E-state index in [2.05, 4.69) is 6.58 Å². The Hall–Kier alpha value is -1.57. The second-order valence-electron chi connectivity index (χ2n) is 2.96. The van der Waals surface area contributed by atoms with Gasteiger partial charge in [0.25, 0.3) is 0 Å². The van der Waals surface area contributed by atoms with Crippen molar-refractivity contribution in [2.24, 2.45) is 0 Å². The molecule has 0 atom stereocenters. The van der Waals surface area contributed by atoms with E-state index in [1.165, 1.54) is 0 Å². The van der Waals surface area contributed by atoms with Crippen LogP contribution in [0, 0.1) is 6.92 Å². The molecule has 2 heteroatoms. The minimum absolute atomic E-state index is 0.354. The predicted octanol–water partition coefficient (Wildman–Crippen LogP) is 2.69. The molecule has 0 saturated heterocycles. The summed E-state index contributed by atoms with van der Waals surface area (Å²) in [6.07, 6.45) is 0. The number of hydrogen-bond donors (Lipinski definition) is 0. The van der Waals surface area contributed by atoms with E-state index < -0.39 is 0 Å². The molecule has 0 aliphatic heterocycles. The van der Waals surface area contributed by atoms with Crippen LogP contribution in [0.5, 0.6) is 0 Å². The number of carbonyl (C=O) groups excluding carboxylic acids is 1. The lowest BCUT2D eigenvalue weighted by Gasteiger charge is -2.02. The number of benzene rings is 1. The summed E-state index contributed by atoms with van der Waals surface area (Å²) in [6.45, 7) is 7.11. The molecule has 68 valence electrons. The molecule has 0 aliphatic rings. The van der Waals surface area contributed by atoms with Crippen molar-refractivity contribution in [2.75, 3.05) is 0 Å². The number of rotatable bonds is 2. The van der Waals surface area contributed by atoms with Crippen molar-refractivity contribution in [3.8, 4) is 0 Å². The normalized spacial score (nSPS) is 9.38. The molecule has 1 aromatic carbocycles. The molecule has 1 rings (SSSR count). The van der Waals surface area contributed by atoms with Gasteiger partial charge in [-0.3, -0.25) is 0 Å². The third-order valence-electron chi connectivity index (χ3n) is 1.55. The van der Waals surface area contributed by atoms with Crippen LogP contribution in [0.2, 0.25) is 0 Å². The summed E-state index contributed by atoms with van der Waals surface area (Å²) in [6, 6.07) is 7.21. The summed E-state index contributed by atoms with van der Waals surface area (Å²) in [4.78, 5) is 11.3. The first kappa shape index (κ1) is 9.52. The van der Waals surface area contributed by atoms with Gasteiger partial charge in [0, 0.05) is 0 Å². The summed E-state index contributed by atoms with van der Waals surface area (Å²) in [5, 5.41) is 0. The van der Waals surface area contributed by atoms with Crippen LogP contribution in [0.3, 0.4) is 0 Å². The zero-order valence-corrected chi connectivity index (χ0v) is 7.83. The van der Waals surface area contributed by atoms with Gasteiger partial charge >= 0.3 is 5.97 Å². The number of esters is 1. The Kier molecular flexibility index (Phi) is 2.85. The topological polar surface area (TPSA) is 26.3 Å². The zero-order chi connectivity index (χ0) is 9.84. The Morgan fingerprint density at radius 3 is 2.31 bits per heavy atom. The van der Waals surface area contributed by atoms with Crippen LogP contribution in [0.25, 0.3) is 0 Å². The third-order valence-corrected chi connectivity index (χ3v) is 1.55. The minimum Gasteiger partial charge on any atom is -0.428 e. The second kappa shape index (κ2) is 3.90. The lowest BCUT2D eigenvalue weighted by molar-refractivity contribution is 0.0628. The van der Waals surface area contributed by atoms with Crippen LogP contribution in [0.4, 0.5) is 0 Å². The van der Waals surface area contributed by atoms with E-state index in [1.54, 1.807) is 19.1 Å². The SMILES string of the molecule is C=C(C)OC(=O)c1ccc(C)cc1. The van der Waals surface area contributed by atoms with Crippen LogP contribution >= 0.6 is 0 Å². The molecule has 0 radical (unpaired) electrons. The summed E-state index contributed by atoms with van der Waals surface area (Å²) in [7, 11) is 0. The highest BCUT2D eigenvalue weighted by molar-refractivity contribution is 5.90. The zero-order valence-electron chi connectivity index (χ0n) is 7.83. The van der Waals surface area contributed by atoms with Gasteiger partial charge in [0.05, 0.1) is 11.3 Å². The summed E-state index contributed by atoms with van der Waals surface area (Å²) in [5.41, 5.74) is 1.67. The first-order valence-electron chi connectivity index (χ1n) is 4.04. The molecule has 0 heterocycles. The van der Waals surface area contributed by atoms with E-state index in [1.807, 2.05) is 19.1 Å². The fourth-order valence-electron chi connectivity index (χ4n) is 0.907. The fraction of sp³-hybridized carbons (Fsp3) is 0.182. The highest BCUT2D eigenvalue weighted by Gasteiger charge is 2.05. The minimum atomic E-state index is -0.354. The predicted molar refractivity (Wildman–Crippen MR) is 51.4 cm³/mol. The molecule has 0 aromatic heterocycles. The molecule has 0 spiro atoms. The smallest absolute Gasteiger partial charge is 0.343 e. The molecule has 13 heavy (non-hydrogen) atoms. The first-order chi connectivity index (χ1) is 6.09. The average Bonchev–Trinajstić information content (AvgIpc) is 2.04. The number of ether oxygens (including phenoxy) is 1. The van der Waals surface area contributed by atoms with Crippen molar-refractivity contribution in [3.63, 3.8) is 0 Å². The molecule has 0 bridgehead atoms. The van der Waals surface area contributed by atoms with E-state index in [4.69, 9.17) is 4.74 Å². The van der Waals surface area contributed by atoms with E-state index in [0.29, 0.717) is 11.3 Å². The largest absolute Gasteiger partial charge is 0.428 e. The Morgan fingerprint density at radius 2 is 1.85 bits per heavy atom. The highest BCUT2D eigenvalue weighted by Crippen LogP contribution is 2.06. The van der Waals surface area contributed by atoms with Gasteiger partial charge in [-0.2, -0.15) is 0 Å². The van der Waals surface area contributed by atoms with Gasteiger partial charge in [-0.05, 0) is 26.0 Å². The molecule has 0 amide bonds. The van der Waals surface area contributed by atoms with E-state index in [-0.39, 0.29) is 5.97 Å². The van der Waals surface area contributed by atoms with Crippen molar-refractivity contribution >= 4 is 5.97 Å². The van der Waals surface area contributed by atoms with E-state index in [9.17, 15) is 4.79 Å². The molecule has 0 saturated carbocycles. The number of hydrogen-bond acceptors (Lipinski definition) is 2. The standard InChI is InChI=1S/C11H12O2/c1-8(2)13-11(12)10-6-4-9(3)5-7-10/h4-7H,1H2,2-3H3. The maximum atomic E-state index is 11.3. The van der Waals surface area contributed by atoms with Gasteiger partial charge in [0.1, 0.15) is 0 Å². The fourth-order valence-corrected chi connectivity index (χ4v) is 0.907. The van der Waals surface area contributed by atoms with Crippen molar-refractivity contribution < 1.29 is 9.53 Å². The molecule has 0 aliphatic carbocycles.